The summed E-state index contributed by atoms with van der Waals surface area (Å²) in [5.74, 6) is 0.0896. The van der Waals surface area contributed by atoms with Crippen molar-refractivity contribution in [3.63, 3.8) is 0 Å². The number of hydrogen-bond donors (Lipinski definition) is 1. The first-order valence-electron chi connectivity index (χ1n) is 8.05. The van der Waals surface area contributed by atoms with E-state index in [4.69, 9.17) is 0 Å². The van der Waals surface area contributed by atoms with Gasteiger partial charge in [0.2, 0.25) is 5.91 Å². The number of rotatable bonds is 3. The maximum Gasteiger partial charge on any atom is 0.251 e. The highest BCUT2D eigenvalue weighted by Gasteiger charge is 2.39. The summed E-state index contributed by atoms with van der Waals surface area (Å²) in [6.07, 6.45) is 2.66. The van der Waals surface area contributed by atoms with Crippen molar-refractivity contribution in [3.05, 3.63) is 35.4 Å². The van der Waals surface area contributed by atoms with Gasteiger partial charge in [0, 0.05) is 24.6 Å². The van der Waals surface area contributed by atoms with Crippen LogP contribution in [0.3, 0.4) is 0 Å². The summed E-state index contributed by atoms with van der Waals surface area (Å²) in [7, 11) is 0. The minimum atomic E-state index is -0.0871. The van der Waals surface area contributed by atoms with Crippen LogP contribution in [0.2, 0.25) is 0 Å². The molecule has 1 aromatic carbocycles. The lowest BCUT2D eigenvalue weighted by Crippen LogP contribution is -2.37. The Morgan fingerprint density at radius 2 is 1.82 bits per heavy atom. The Balaban J connectivity index is 1.61. The molecule has 4 heteroatoms. The van der Waals surface area contributed by atoms with Gasteiger partial charge in [-0.05, 0) is 36.0 Å². The molecule has 4 nitrogen and oxygen atoms in total. The first kappa shape index (κ1) is 15.1. The molecule has 0 aromatic heterocycles. The molecule has 0 spiro atoms. The average Bonchev–Trinajstić information content (AvgIpc) is 3.22. The number of carbonyl (C=O) groups excluding carboxylic acids is 2. The first-order chi connectivity index (χ1) is 10.3. The monoisotopic (exact) mass is 300 g/mol. The van der Waals surface area contributed by atoms with E-state index in [9.17, 15) is 9.59 Å². The lowest BCUT2D eigenvalue weighted by atomic mass is 9.86. The number of hydrogen-bond acceptors (Lipinski definition) is 2. The van der Waals surface area contributed by atoms with E-state index in [1.165, 1.54) is 5.56 Å². The van der Waals surface area contributed by atoms with Crippen molar-refractivity contribution in [2.45, 2.75) is 57.5 Å². The van der Waals surface area contributed by atoms with Crippen LogP contribution in [0.1, 0.15) is 56.0 Å². The molecule has 1 N–H and O–H groups in total. The molecule has 1 atom stereocenters. The molecule has 2 aliphatic rings. The SMILES string of the molecule is CC(C)(C)c1ccc(C(=O)N[C@H]2CC(=O)N(C3CC3)C2)cc1. The molecule has 0 bridgehead atoms. The van der Waals surface area contributed by atoms with E-state index in [1.54, 1.807) is 0 Å². The average molecular weight is 300 g/mol. The Kier molecular flexibility index (Phi) is 3.71. The Labute approximate surface area is 131 Å². The summed E-state index contributed by atoms with van der Waals surface area (Å²) in [5, 5.41) is 2.99. The topological polar surface area (TPSA) is 49.4 Å². The molecular formula is C18H24N2O2. The zero-order valence-corrected chi connectivity index (χ0v) is 13.6. The van der Waals surface area contributed by atoms with Crippen molar-refractivity contribution in [3.8, 4) is 0 Å². The van der Waals surface area contributed by atoms with Gasteiger partial charge in [-0.25, -0.2) is 0 Å². The summed E-state index contributed by atoms with van der Waals surface area (Å²) in [5.41, 5.74) is 1.95. The molecule has 1 saturated heterocycles. The predicted molar refractivity (Wildman–Crippen MR) is 85.7 cm³/mol. The maximum absolute atomic E-state index is 12.3. The van der Waals surface area contributed by atoms with E-state index >= 15 is 0 Å². The molecule has 2 fully saturated rings. The number of benzene rings is 1. The Morgan fingerprint density at radius 3 is 2.36 bits per heavy atom. The van der Waals surface area contributed by atoms with Gasteiger partial charge in [-0.15, -0.1) is 0 Å². The van der Waals surface area contributed by atoms with Crippen molar-refractivity contribution in [1.29, 1.82) is 0 Å². The van der Waals surface area contributed by atoms with Gasteiger partial charge in [0.15, 0.2) is 0 Å². The van der Waals surface area contributed by atoms with Crippen LogP contribution in [0.5, 0.6) is 0 Å². The van der Waals surface area contributed by atoms with Crippen LogP contribution in [0.15, 0.2) is 24.3 Å². The summed E-state index contributed by atoms with van der Waals surface area (Å²) in [4.78, 5) is 26.2. The minimum Gasteiger partial charge on any atom is -0.347 e. The van der Waals surface area contributed by atoms with Crippen molar-refractivity contribution < 1.29 is 9.59 Å². The highest BCUT2D eigenvalue weighted by molar-refractivity contribution is 5.95. The lowest BCUT2D eigenvalue weighted by Gasteiger charge is -2.19. The third-order valence-electron chi connectivity index (χ3n) is 4.49. The molecule has 1 aliphatic heterocycles. The van der Waals surface area contributed by atoms with Gasteiger partial charge in [-0.1, -0.05) is 32.9 Å². The number of nitrogens with zero attached hydrogens (tertiary/aromatic N) is 1. The van der Waals surface area contributed by atoms with Gasteiger partial charge >= 0.3 is 0 Å². The molecule has 118 valence electrons. The fraction of sp³-hybridized carbons (Fsp3) is 0.556. The molecule has 22 heavy (non-hydrogen) atoms. The van der Waals surface area contributed by atoms with Gasteiger partial charge in [0.05, 0.1) is 6.04 Å². The summed E-state index contributed by atoms with van der Waals surface area (Å²) in [6, 6.07) is 8.12. The fourth-order valence-electron chi connectivity index (χ4n) is 2.96. The van der Waals surface area contributed by atoms with E-state index in [-0.39, 0.29) is 23.3 Å². The predicted octanol–water partition coefficient (Wildman–Crippen LogP) is 2.48. The van der Waals surface area contributed by atoms with E-state index < -0.39 is 0 Å². The van der Waals surface area contributed by atoms with Crippen LogP contribution in [-0.4, -0.2) is 35.3 Å². The molecular weight excluding hydrogens is 276 g/mol. The van der Waals surface area contributed by atoms with Crippen LogP contribution in [-0.2, 0) is 10.2 Å². The minimum absolute atomic E-state index is 0.0529. The van der Waals surface area contributed by atoms with Crippen LogP contribution < -0.4 is 5.32 Å². The van der Waals surface area contributed by atoms with Gasteiger partial charge in [0.1, 0.15) is 0 Å². The zero-order valence-electron chi connectivity index (χ0n) is 13.6. The number of amides is 2. The molecule has 0 radical (unpaired) electrons. The first-order valence-corrected chi connectivity index (χ1v) is 8.05. The molecule has 3 rings (SSSR count). The maximum atomic E-state index is 12.3. The molecule has 1 aromatic rings. The smallest absolute Gasteiger partial charge is 0.251 e. The fourth-order valence-corrected chi connectivity index (χ4v) is 2.96. The highest BCUT2D eigenvalue weighted by Crippen LogP contribution is 2.30. The van der Waals surface area contributed by atoms with E-state index in [2.05, 4.69) is 26.1 Å². The molecule has 1 aliphatic carbocycles. The van der Waals surface area contributed by atoms with E-state index in [0.717, 1.165) is 12.8 Å². The Bertz CT molecular complexity index is 582. The molecule has 1 saturated carbocycles. The van der Waals surface area contributed by atoms with Gasteiger partial charge in [-0.2, -0.15) is 0 Å². The zero-order chi connectivity index (χ0) is 15.9. The van der Waals surface area contributed by atoms with Crippen molar-refractivity contribution in [1.82, 2.24) is 10.2 Å². The third kappa shape index (κ3) is 3.16. The van der Waals surface area contributed by atoms with Crippen LogP contribution in [0, 0.1) is 0 Å². The standard InChI is InChI=1S/C18H24N2O2/c1-18(2,3)13-6-4-12(5-7-13)17(22)19-14-10-16(21)20(11-14)15-8-9-15/h4-7,14-15H,8-11H2,1-3H3,(H,19,22)/t14-/m0/s1. The normalized spacial score (nSPS) is 22.0. The van der Waals surface area contributed by atoms with Crippen LogP contribution >= 0.6 is 0 Å². The Morgan fingerprint density at radius 1 is 1.18 bits per heavy atom. The van der Waals surface area contributed by atoms with Crippen LogP contribution in [0.4, 0.5) is 0 Å². The quantitative estimate of drug-likeness (QED) is 0.932. The summed E-state index contributed by atoms with van der Waals surface area (Å²) < 4.78 is 0. The van der Waals surface area contributed by atoms with E-state index in [1.807, 2.05) is 29.2 Å². The second kappa shape index (κ2) is 5.41. The summed E-state index contributed by atoms with van der Waals surface area (Å²) in [6.45, 7) is 7.12. The molecule has 0 unspecified atom stereocenters. The highest BCUT2D eigenvalue weighted by atomic mass is 16.2. The number of carbonyl (C=O) groups is 2. The largest absolute Gasteiger partial charge is 0.347 e. The second-order valence-electron chi connectivity index (χ2n) is 7.48. The lowest BCUT2D eigenvalue weighted by molar-refractivity contribution is -0.128. The molecule has 1 heterocycles. The van der Waals surface area contributed by atoms with E-state index in [0.29, 0.717) is 24.6 Å². The van der Waals surface area contributed by atoms with Crippen molar-refractivity contribution in [2.75, 3.05) is 6.54 Å². The van der Waals surface area contributed by atoms with Gasteiger partial charge < -0.3 is 10.2 Å². The number of likely N-dealkylation sites (tertiary alicyclic amines) is 1. The van der Waals surface area contributed by atoms with Crippen LogP contribution in [0.25, 0.3) is 0 Å². The van der Waals surface area contributed by atoms with Crippen molar-refractivity contribution >= 4 is 11.8 Å². The molecule has 2 amide bonds. The van der Waals surface area contributed by atoms with Crippen molar-refractivity contribution in [2.24, 2.45) is 0 Å². The number of nitrogens with one attached hydrogen (secondary N) is 1. The third-order valence-corrected chi connectivity index (χ3v) is 4.49. The van der Waals surface area contributed by atoms with Gasteiger partial charge in [-0.3, -0.25) is 9.59 Å². The summed E-state index contributed by atoms with van der Waals surface area (Å²) >= 11 is 0. The second-order valence-corrected chi connectivity index (χ2v) is 7.48. The van der Waals surface area contributed by atoms with Gasteiger partial charge in [0.25, 0.3) is 5.91 Å². The Hall–Kier alpha value is -1.84.